The normalized spacial score (nSPS) is 11.1. The molecule has 0 aliphatic carbocycles. The summed E-state index contributed by atoms with van der Waals surface area (Å²) in [4.78, 5) is 0. The highest BCUT2D eigenvalue weighted by Crippen LogP contribution is 2.26. The van der Waals surface area contributed by atoms with Gasteiger partial charge in [0.15, 0.2) is 0 Å². The number of hydrogen-bond donors (Lipinski definition) is 1. The van der Waals surface area contributed by atoms with E-state index in [1.807, 2.05) is 19.9 Å². The summed E-state index contributed by atoms with van der Waals surface area (Å²) in [7, 11) is 0. The fourth-order valence-electron chi connectivity index (χ4n) is 1.63. The van der Waals surface area contributed by atoms with Crippen molar-refractivity contribution < 1.29 is 9.62 Å². The fourth-order valence-corrected chi connectivity index (χ4v) is 1.63. The van der Waals surface area contributed by atoms with Crippen LogP contribution in [0.25, 0.3) is 11.3 Å². The molecule has 1 N–H and O–H groups in total. The minimum Gasteiger partial charge on any atom is -0.455 e. The maximum absolute atomic E-state index is 8.41. The van der Waals surface area contributed by atoms with Crippen molar-refractivity contribution in [2.75, 3.05) is 0 Å². The third kappa shape index (κ3) is 1.98. The highest BCUT2D eigenvalue weighted by atomic mass is 16.4. The monoisotopic (exact) mass is 215 g/mol. The molecule has 0 fully saturated rings. The van der Waals surface area contributed by atoms with Gasteiger partial charge < -0.3 is 9.62 Å². The lowest BCUT2D eigenvalue weighted by atomic mass is 10.0. The van der Waals surface area contributed by atoms with Crippen LogP contribution in [0.15, 0.2) is 39.9 Å². The zero-order valence-corrected chi connectivity index (χ0v) is 9.27. The smallest absolute Gasteiger partial charge is 0.149 e. The highest BCUT2D eigenvalue weighted by molar-refractivity contribution is 5.77. The third-order valence-corrected chi connectivity index (χ3v) is 2.47. The second-order valence-corrected chi connectivity index (χ2v) is 3.76. The van der Waals surface area contributed by atoms with E-state index in [1.54, 1.807) is 6.07 Å². The Hall–Kier alpha value is -2.03. The predicted octanol–water partition coefficient (Wildman–Crippen LogP) is 3.37. The van der Waals surface area contributed by atoms with E-state index in [0.717, 1.165) is 16.9 Å². The molecule has 1 aromatic carbocycles. The van der Waals surface area contributed by atoms with Gasteiger partial charge in [0.1, 0.15) is 17.7 Å². The van der Waals surface area contributed by atoms with E-state index < -0.39 is 0 Å². The van der Waals surface area contributed by atoms with Crippen LogP contribution in [0.1, 0.15) is 16.9 Å². The molecule has 2 rings (SSSR count). The standard InChI is InChI=1S/C13H13NO2/c1-9-3-4-10(2)12(7-9)13-6-5-11(16-13)8-14-15/h3-8,15H,1-2H3/b14-8+. The molecule has 0 aliphatic heterocycles. The molecule has 16 heavy (non-hydrogen) atoms. The lowest BCUT2D eigenvalue weighted by Crippen LogP contribution is -1.82. The Bertz CT molecular complexity index is 526. The first-order valence-electron chi connectivity index (χ1n) is 5.05. The number of aryl methyl sites for hydroxylation is 2. The number of oxime groups is 1. The molecule has 0 saturated heterocycles. The summed E-state index contributed by atoms with van der Waals surface area (Å²) in [5, 5.41) is 11.3. The Morgan fingerprint density at radius 2 is 2.00 bits per heavy atom. The quantitative estimate of drug-likeness (QED) is 0.474. The first-order valence-corrected chi connectivity index (χ1v) is 5.05. The Balaban J connectivity index is 2.45. The van der Waals surface area contributed by atoms with Crippen LogP contribution in [0.2, 0.25) is 0 Å². The third-order valence-electron chi connectivity index (χ3n) is 2.47. The molecule has 3 nitrogen and oxygen atoms in total. The molecule has 1 aromatic heterocycles. The molecule has 0 aliphatic rings. The SMILES string of the molecule is Cc1ccc(C)c(-c2ccc(/C=N/O)o2)c1. The summed E-state index contributed by atoms with van der Waals surface area (Å²) >= 11 is 0. The van der Waals surface area contributed by atoms with E-state index >= 15 is 0 Å². The highest BCUT2D eigenvalue weighted by Gasteiger charge is 2.06. The van der Waals surface area contributed by atoms with Crippen molar-refractivity contribution in [3.05, 3.63) is 47.2 Å². The molecule has 0 saturated carbocycles. The molecule has 82 valence electrons. The second-order valence-electron chi connectivity index (χ2n) is 3.76. The Morgan fingerprint density at radius 3 is 2.75 bits per heavy atom. The first kappa shape index (κ1) is 10.5. The van der Waals surface area contributed by atoms with Crippen molar-refractivity contribution in [1.29, 1.82) is 0 Å². The molecule has 3 heteroatoms. The van der Waals surface area contributed by atoms with Gasteiger partial charge in [-0.15, -0.1) is 0 Å². The number of hydrogen-bond acceptors (Lipinski definition) is 3. The van der Waals surface area contributed by atoms with E-state index in [1.165, 1.54) is 11.8 Å². The van der Waals surface area contributed by atoms with Crippen molar-refractivity contribution in [3.8, 4) is 11.3 Å². The molecule has 1 heterocycles. The summed E-state index contributed by atoms with van der Waals surface area (Å²) in [6, 6.07) is 9.86. The molecule has 0 unspecified atom stereocenters. The van der Waals surface area contributed by atoms with E-state index in [0.29, 0.717) is 5.76 Å². The van der Waals surface area contributed by atoms with Gasteiger partial charge in [0.25, 0.3) is 0 Å². The molecule has 0 spiro atoms. The van der Waals surface area contributed by atoms with Crippen LogP contribution in [0.5, 0.6) is 0 Å². The topological polar surface area (TPSA) is 45.7 Å². The van der Waals surface area contributed by atoms with Gasteiger partial charge in [-0.05, 0) is 37.6 Å². The van der Waals surface area contributed by atoms with Crippen LogP contribution >= 0.6 is 0 Å². The Morgan fingerprint density at radius 1 is 1.19 bits per heavy atom. The van der Waals surface area contributed by atoms with Crippen molar-refractivity contribution in [2.24, 2.45) is 5.16 Å². The van der Waals surface area contributed by atoms with Gasteiger partial charge >= 0.3 is 0 Å². The average molecular weight is 215 g/mol. The van der Waals surface area contributed by atoms with Crippen molar-refractivity contribution in [1.82, 2.24) is 0 Å². The summed E-state index contributed by atoms with van der Waals surface area (Å²) in [5.74, 6) is 1.33. The lowest BCUT2D eigenvalue weighted by Gasteiger charge is -2.03. The van der Waals surface area contributed by atoms with Gasteiger partial charge in [-0.25, -0.2) is 0 Å². The zero-order valence-electron chi connectivity index (χ0n) is 9.27. The Kier molecular flexibility index (Phi) is 2.77. The lowest BCUT2D eigenvalue weighted by molar-refractivity contribution is 0.321. The van der Waals surface area contributed by atoms with Crippen LogP contribution in [0, 0.1) is 13.8 Å². The molecule has 0 amide bonds. The van der Waals surface area contributed by atoms with Crippen LogP contribution in [-0.2, 0) is 0 Å². The largest absolute Gasteiger partial charge is 0.455 e. The minimum absolute atomic E-state index is 0.540. The Labute approximate surface area is 94.0 Å². The van der Waals surface area contributed by atoms with Gasteiger partial charge in [0.05, 0.1) is 0 Å². The predicted molar refractivity (Wildman–Crippen MR) is 63.0 cm³/mol. The molecule has 0 atom stereocenters. The van der Waals surface area contributed by atoms with E-state index in [-0.39, 0.29) is 0 Å². The van der Waals surface area contributed by atoms with Gasteiger partial charge in [0.2, 0.25) is 0 Å². The minimum atomic E-state index is 0.540. The van der Waals surface area contributed by atoms with Crippen LogP contribution in [-0.4, -0.2) is 11.4 Å². The average Bonchev–Trinajstić information content (AvgIpc) is 2.71. The summed E-state index contributed by atoms with van der Waals surface area (Å²) in [6.45, 7) is 4.08. The number of furan rings is 1. The van der Waals surface area contributed by atoms with Crippen molar-refractivity contribution >= 4 is 6.21 Å². The first-order chi connectivity index (χ1) is 7.70. The van der Waals surface area contributed by atoms with Crippen molar-refractivity contribution in [3.63, 3.8) is 0 Å². The number of nitrogens with zero attached hydrogens (tertiary/aromatic N) is 1. The molecule has 2 aromatic rings. The summed E-state index contributed by atoms with van der Waals surface area (Å²) in [5.41, 5.74) is 3.42. The van der Waals surface area contributed by atoms with E-state index in [4.69, 9.17) is 9.62 Å². The van der Waals surface area contributed by atoms with E-state index in [2.05, 4.69) is 23.4 Å². The van der Waals surface area contributed by atoms with Gasteiger partial charge in [-0.1, -0.05) is 22.9 Å². The second kappa shape index (κ2) is 4.23. The van der Waals surface area contributed by atoms with E-state index in [9.17, 15) is 0 Å². The maximum Gasteiger partial charge on any atom is 0.149 e. The van der Waals surface area contributed by atoms with Crippen LogP contribution < -0.4 is 0 Å². The summed E-state index contributed by atoms with van der Waals surface area (Å²) < 4.78 is 5.54. The number of benzene rings is 1. The molecular weight excluding hydrogens is 202 g/mol. The van der Waals surface area contributed by atoms with Gasteiger partial charge in [-0.3, -0.25) is 0 Å². The van der Waals surface area contributed by atoms with Crippen LogP contribution in [0.4, 0.5) is 0 Å². The molecular formula is C13H13NO2. The van der Waals surface area contributed by atoms with Gasteiger partial charge in [-0.2, -0.15) is 0 Å². The summed E-state index contributed by atoms with van der Waals surface area (Å²) in [6.07, 6.45) is 1.27. The zero-order chi connectivity index (χ0) is 11.5. The van der Waals surface area contributed by atoms with Crippen molar-refractivity contribution in [2.45, 2.75) is 13.8 Å². The maximum atomic E-state index is 8.41. The molecule has 0 bridgehead atoms. The van der Waals surface area contributed by atoms with Gasteiger partial charge in [0, 0.05) is 5.56 Å². The fraction of sp³-hybridized carbons (Fsp3) is 0.154. The van der Waals surface area contributed by atoms with Crippen LogP contribution in [0.3, 0.4) is 0 Å². The molecule has 0 radical (unpaired) electrons. The number of rotatable bonds is 2.